The number of rotatable bonds is 7. The molecule has 1 aliphatic heterocycles. The lowest BCUT2D eigenvalue weighted by Crippen LogP contribution is -2.23. The smallest absolute Gasteiger partial charge is 0.141 e. The summed E-state index contributed by atoms with van der Waals surface area (Å²) in [5.41, 5.74) is 6.45. The van der Waals surface area contributed by atoms with Crippen LogP contribution in [0.25, 0.3) is 22.3 Å². The Labute approximate surface area is 203 Å². The monoisotopic (exact) mass is 462 g/mol. The van der Waals surface area contributed by atoms with Gasteiger partial charge in [0.05, 0.1) is 11.1 Å². The van der Waals surface area contributed by atoms with Gasteiger partial charge in [0.15, 0.2) is 0 Å². The van der Waals surface area contributed by atoms with E-state index in [1.807, 2.05) is 30.5 Å². The second-order valence-electron chi connectivity index (χ2n) is 8.65. The minimum atomic E-state index is 0.743. The van der Waals surface area contributed by atoms with E-state index in [-0.39, 0.29) is 0 Å². The molecule has 35 heavy (non-hydrogen) atoms. The van der Waals surface area contributed by atoms with Crippen LogP contribution in [-0.2, 0) is 19.4 Å². The minimum absolute atomic E-state index is 0.743. The summed E-state index contributed by atoms with van der Waals surface area (Å²) in [6.07, 6.45) is 7.25. The highest BCUT2D eigenvalue weighted by Crippen LogP contribution is 2.36. The molecule has 0 saturated carbocycles. The van der Waals surface area contributed by atoms with Crippen molar-refractivity contribution in [2.45, 2.75) is 19.4 Å². The molecule has 3 N–H and O–H groups in total. The lowest BCUT2D eigenvalue weighted by Gasteiger charge is -2.18. The van der Waals surface area contributed by atoms with Crippen molar-refractivity contribution in [3.05, 3.63) is 96.1 Å². The Morgan fingerprint density at radius 3 is 2.83 bits per heavy atom. The average Bonchev–Trinajstić information content (AvgIpc) is 3.35. The normalized spacial score (nSPS) is 12.9. The number of aromatic amines is 1. The van der Waals surface area contributed by atoms with Gasteiger partial charge in [0.1, 0.15) is 29.3 Å². The first-order chi connectivity index (χ1) is 17.3. The van der Waals surface area contributed by atoms with Crippen molar-refractivity contribution >= 4 is 16.9 Å². The fourth-order valence-corrected chi connectivity index (χ4v) is 4.54. The molecule has 1 aliphatic rings. The number of fused-ring (bicyclic) bond motifs is 2. The maximum atomic E-state index is 6.38. The fourth-order valence-electron chi connectivity index (χ4n) is 4.54. The van der Waals surface area contributed by atoms with Crippen LogP contribution in [0, 0.1) is 0 Å². The van der Waals surface area contributed by atoms with Crippen molar-refractivity contribution in [1.29, 1.82) is 0 Å². The van der Waals surface area contributed by atoms with Crippen LogP contribution in [0.2, 0.25) is 0 Å². The van der Waals surface area contributed by atoms with Crippen molar-refractivity contribution in [3.8, 4) is 22.8 Å². The molecule has 0 spiro atoms. The Balaban J connectivity index is 1.26. The highest BCUT2D eigenvalue weighted by atomic mass is 16.5. The first kappa shape index (κ1) is 21.3. The zero-order valence-electron chi connectivity index (χ0n) is 19.3. The number of benzene rings is 2. The van der Waals surface area contributed by atoms with Gasteiger partial charge in [-0.25, -0.2) is 15.0 Å². The van der Waals surface area contributed by atoms with E-state index in [9.17, 15) is 0 Å². The van der Waals surface area contributed by atoms with Crippen LogP contribution in [0.1, 0.15) is 16.7 Å². The van der Waals surface area contributed by atoms with Gasteiger partial charge in [-0.05, 0) is 54.3 Å². The minimum Gasteiger partial charge on any atom is -0.457 e. The van der Waals surface area contributed by atoms with Gasteiger partial charge in [-0.3, -0.25) is 0 Å². The van der Waals surface area contributed by atoms with Crippen molar-refractivity contribution < 1.29 is 4.74 Å². The molecule has 7 nitrogen and oxygen atoms in total. The van der Waals surface area contributed by atoms with E-state index in [0.29, 0.717) is 0 Å². The zero-order chi connectivity index (χ0) is 23.5. The van der Waals surface area contributed by atoms with Crippen LogP contribution < -0.4 is 15.4 Å². The van der Waals surface area contributed by atoms with E-state index >= 15 is 0 Å². The summed E-state index contributed by atoms with van der Waals surface area (Å²) < 4.78 is 6.38. The second kappa shape index (κ2) is 9.56. The summed E-state index contributed by atoms with van der Waals surface area (Å²) in [4.78, 5) is 16.7. The van der Waals surface area contributed by atoms with Gasteiger partial charge >= 0.3 is 0 Å². The van der Waals surface area contributed by atoms with Crippen LogP contribution in [0.5, 0.6) is 11.5 Å². The number of anilines is 1. The van der Waals surface area contributed by atoms with Crippen molar-refractivity contribution in [1.82, 2.24) is 25.3 Å². The maximum absolute atomic E-state index is 6.38. The summed E-state index contributed by atoms with van der Waals surface area (Å²) in [5, 5.41) is 7.74. The van der Waals surface area contributed by atoms with Crippen LogP contribution >= 0.6 is 0 Å². The lowest BCUT2D eigenvalue weighted by atomic mass is 10.0. The Kier molecular flexibility index (Phi) is 5.82. The van der Waals surface area contributed by atoms with Gasteiger partial charge in [-0.2, -0.15) is 0 Å². The predicted molar refractivity (Wildman–Crippen MR) is 138 cm³/mol. The molecule has 5 aromatic rings. The van der Waals surface area contributed by atoms with Gasteiger partial charge in [0, 0.05) is 37.1 Å². The molecule has 2 aromatic carbocycles. The van der Waals surface area contributed by atoms with E-state index in [4.69, 9.17) is 4.74 Å². The van der Waals surface area contributed by atoms with Gasteiger partial charge in [-0.1, -0.05) is 36.4 Å². The number of hydrogen-bond acceptors (Lipinski definition) is 6. The topological polar surface area (TPSA) is 87.8 Å². The number of aromatic nitrogens is 4. The molecule has 0 radical (unpaired) electrons. The number of hydrogen-bond donors (Lipinski definition) is 3. The summed E-state index contributed by atoms with van der Waals surface area (Å²) in [5.74, 6) is 2.35. The summed E-state index contributed by atoms with van der Waals surface area (Å²) in [7, 11) is 0. The molecule has 0 aliphatic carbocycles. The molecule has 4 heterocycles. The van der Waals surface area contributed by atoms with Gasteiger partial charge in [-0.15, -0.1) is 0 Å². The molecule has 0 saturated heterocycles. The molecule has 0 amide bonds. The van der Waals surface area contributed by atoms with E-state index in [1.54, 1.807) is 12.5 Å². The summed E-state index contributed by atoms with van der Waals surface area (Å²) in [6.45, 7) is 2.68. The largest absolute Gasteiger partial charge is 0.457 e. The highest BCUT2D eigenvalue weighted by molar-refractivity contribution is 5.97. The van der Waals surface area contributed by atoms with E-state index in [2.05, 4.69) is 67.0 Å². The number of H-pyrrole nitrogens is 1. The third-order valence-electron chi connectivity index (χ3n) is 6.33. The van der Waals surface area contributed by atoms with Crippen molar-refractivity contribution in [3.63, 3.8) is 0 Å². The summed E-state index contributed by atoms with van der Waals surface area (Å²) >= 11 is 0. The average molecular weight is 463 g/mol. The second-order valence-corrected chi connectivity index (χ2v) is 8.65. The number of pyridine rings is 1. The first-order valence-electron chi connectivity index (χ1n) is 11.9. The fraction of sp³-hybridized carbons (Fsp3) is 0.179. The van der Waals surface area contributed by atoms with Gasteiger partial charge < -0.3 is 20.4 Å². The third-order valence-corrected chi connectivity index (χ3v) is 6.33. The molecule has 0 fully saturated rings. The van der Waals surface area contributed by atoms with Crippen LogP contribution in [0.3, 0.4) is 0 Å². The van der Waals surface area contributed by atoms with Gasteiger partial charge in [0.25, 0.3) is 0 Å². The van der Waals surface area contributed by atoms with E-state index in [0.717, 1.165) is 72.1 Å². The number of nitrogens with one attached hydrogen (secondary N) is 3. The maximum Gasteiger partial charge on any atom is 0.141 e. The van der Waals surface area contributed by atoms with Crippen LogP contribution in [0.15, 0.2) is 79.4 Å². The number of ether oxygens (including phenoxy) is 1. The molecule has 0 atom stereocenters. The quantitative estimate of drug-likeness (QED) is 0.311. The molecule has 6 rings (SSSR count). The van der Waals surface area contributed by atoms with E-state index < -0.39 is 0 Å². The highest BCUT2D eigenvalue weighted by Gasteiger charge is 2.16. The molecule has 0 unspecified atom stereocenters. The van der Waals surface area contributed by atoms with E-state index in [1.165, 1.54) is 16.7 Å². The third kappa shape index (κ3) is 4.58. The predicted octanol–water partition coefficient (Wildman–Crippen LogP) is 5.11. The molecule has 174 valence electrons. The van der Waals surface area contributed by atoms with Crippen molar-refractivity contribution in [2.75, 3.05) is 18.4 Å². The van der Waals surface area contributed by atoms with Crippen LogP contribution in [0.4, 0.5) is 5.82 Å². The molecule has 0 bridgehead atoms. The molecule has 7 heteroatoms. The summed E-state index contributed by atoms with van der Waals surface area (Å²) in [6, 6.07) is 20.6. The lowest BCUT2D eigenvalue weighted by molar-refractivity contribution is 0.485. The Morgan fingerprint density at radius 2 is 1.89 bits per heavy atom. The Bertz CT molecular complexity index is 1460. The standard InChI is InChI=1S/C28H26N6O/c1-2-4-19(5-3-1)8-12-30-26-15-24(33-18-34-26)23-17-32-28-27(23)25(10-13-31-28)35-22-7-6-20-9-11-29-16-21(20)14-22/h1-7,10,13-15,17-18,29H,8-9,11-12,16H2,(H,31,32)(H,30,33,34). The molecular formula is C28H26N6O. The molecule has 3 aromatic heterocycles. The Hall–Kier alpha value is -4.23. The van der Waals surface area contributed by atoms with Crippen LogP contribution in [-0.4, -0.2) is 33.0 Å². The first-order valence-corrected chi connectivity index (χ1v) is 11.9. The Morgan fingerprint density at radius 1 is 0.943 bits per heavy atom. The van der Waals surface area contributed by atoms with Crippen molar-refractivity contribution in [2.24, 2.45) is 0 Å². The molecular weight excluding hydrogens is 436 g/mol. The zero-order valence-corrected chi connectivity index (χ0v) is 19.3. The number of nitrogens with zero attached hydrogens (tertiary/aromatic N) is 3. The van der Waals surface area contributed by atoms with Gasteiger partial charge in [0.2, 0.25) is 0 Å². The SMILES string of the molecule is c1ccc(CCNc2cc(-c3c[nH]c4nccc(Oc5ccc6c(c5)CNCC6)c34)ncn2)cc1.